The van der Waals surface area contributed by atoms with Gasteiger partial charge in [0.05, 0.1) is 19.3 Å². The van der Waals surface area contributed by atoms with E-state index in [1.54, 1.807) is 4.68 Å². The highest BCUT2D eigenvalue weighted by Crippen LogP contribution is 2.21. The maximum Gasteiger partial charge on any atom is 0.194 e. The molecule has 3 heterocycles. The molecule has 0 saturated carbocycles. The molecule has 0 aromatic carbocycles. The van der Waals surface area contributed by atoms with Crippen LogP contribution in [0.3, 0.4) is 0 Å². The summed E-state index contributed by atoms with van der Waals surface area (Å²) in [5, 5.41) is 16.1. The highest BCUT2D eigenvalue weighted by Gasteiger charge is 2.25. The van der Waals surface area contributed by atoms with Crippen LogP contribution >= 0.6 is 0 Å². The van der Waals surface area contributed by atoms with Crippen molar-refractivity contribution in [1.82, 2.24) is 34.8 Å². The molecule has 1 unspecified atom stereocenters. The Labute approximate surface area is 171 Å². The Hall–Kier alpha value is -2.46. The summed E-state index contributed by atoms with van der Waals surface area (Å²) in [5.41, 5.74) is 1.08. The number of ether oxygens (including phenoxy) is 2. The van der Waals surface area contributed by atoms with Gasteiger partial charge in [-0.2, -0.15) is 5.10 Å². The highest BCUT2D eigenvalue weighted by atomic mass is 16.5. The molecular weight excluding hydrogens is 372 g/mol. The highest BCUT2D eigenvalue weighted by molar-refractivity contribution is 5.80. The van der Waals surface area contributed by atoms with Crippen molar-refractivity contribution in [3.8, 4) is 0 Å². The SMILES string of the molecule is CCOCCCNC(=NCc1nnc(C)n1C)N1CCOC(c2cnn(C)c2)C1. The second-order valence-electron chi connectivity index (χ2n) is 7.09. The number of hydrogen-bond donors (Lipinski definition) is 1. The molecule has 29 heavy (non-hydrogen) atoms. The molecule has 1 atom stereocenters. The Kier molecular flexibility index (Phi) is 7.59. The van der Waals surface area contributed by atoms with Crippen LogP contribution in [0.15, 0.2) is 17.4 Å². The van der Waals surface area contributed by atoms with Crippen LogP contribution in [-0.4, -0.2) is 74.9 Å². The van der Waals surface area contributed by atoms with E-state index in [-0.39, 0.29) is 6.10 Å². The van der Waals surface area contributed by atoms with Gasteiger partial charge in [-0.1, -0.05) is 0 Å². The van der Waals surface area contributed by atoms with E-state index in [9.17, 15) is 0 Å². The Morgan fingerprint density at radius 1 is 1.38 bits per heavy atom. The third-order valence-electron chi connectivity index (χ3n) is 4.97. The number of rotatable bonds is 8. The second kappa shape index (κ2) is 10.4. The molecule has 1 fully saturated rings. The molecule has 3 rings (SSSR count). The predicted octanol–water partition coefficient (Wildman–Crippen LogP) is 0.803. The summed E-state index contributed by atoms with van der Waals surface area (Å²) in [6, 6.07) is 0. The molecule has 0 spiro atoms. The van der Waals surface area contributed by atoms with E-state index in [1.807, 2.05) is 44.9 Å². The Bertz CT molecular complexity index is 800. The normalized spacial score (nSPS) is 17.7. The van der Waals surface area contributed by atoms with E-state index < -0.39 is 0 Å². The van der Waals surface area contributed by atoms with Crippen molar-refractivity contribution >= 4 is 5.96 Å². The van der Waals surface area contributed by atoms with E-state index in [0.29, 0.717) is 13.2 Å². The van der Waals surface area contributed by atoms with Gasteiger partial charge >= 0.3 is 0 Å². The topological polar surface area (TPSA) is 94.6 Å². The summed E-state index contributed by atoms with van der Waals surface area (Å²) < 4.78 is 15.2. The molecule has 0 amide bonds. The number of morpholine rings is 1. The minimum absolute atomic E-state index is 0.0232. The molecule has 1 aliphatic rings. The van der Waals surface area contributed by atoms with Gasteiger partial charge in [-0.15, -0.1) is 10.2 Å². The third kappa shape index (κ3) is 5.77. The molecule has 160 valence electrons. The van der Waals surface area contributed by atoms with Crippen molar-refractivity contribution in [2.75, 3.05) is 39.5 Å². The second-order valence-corrected chi connectivity index (χ2v) is 7.09. The van der Waals surface area contributed by atoms with Gasteiger partial charge in [-0.3, -0.25) is 4.68 Å². The van der Waals surface area contributed by atoms with E-state index in [4.69, 9.17) is 14.5 Å². The lowest BCUT2D eigenvalue weighted by Gasteiger charge is -2.35. The molecule has 2 aromatic rings. The third-order valence-corrected chi connectivity index (χ3v) is 4.97. The average Bonchev–Trinajstić information content (AvgIpc) is 3.30. The van der Waals surface area contributed by atoms with Gasteiger partial charge in [0, 0.05) is 52.2 Å². The number of aliphatic imine (C=N–C) groups is 1. The maximum absolute atomic E-state index is 5.98. The van der Waals surface area contributed by atoms with Crippen LogP contribution < -0.4 is 5.32 Å². The monoisotopic (exact) mass is 404 g/mol. The van der Waals surface area contributed by atoms with E-state index in [1.165, 1.54) is 0 Å². The number of nitrogens with zero attached hydrogens (tertiary/aromatic N) is 7. The standard InChI is InChI=1S/C19H32N8O2/c1-5-28-9-6-7-20-19(21-12-18-24-23-15(2)26(18)4)27-8-10-29-17(14-27)16-11-22-25(3)13-16/h11,13,17H,5-10,12,14H2,1-4H3,(H,20,21). The zero-order valence-corrected chi connectivity index (χ0v) is 17.8. The molecule has 1 aliphatic heterocycles. The van der Waals surface area contributed by atoms with Crippen LogP contribution in [0.25, 0.3) is 0 Å². The largest absolute Gasteiger partial charge is 0.382 e. The first kappa shape index (κ1) is 21.3. The quantitative estimate of drug-likeness (QED) is 0.395. The fourth-order valence-corrected chi connectivity index (χ4v) is 3.17. The van der Waals surface area contributed by atoms with Crippen LogP contribution in [0.4, 0.5) is 0 Å². The van der Waals surface area contributed by atoms with Crippen LogP contribution in [-0.2, 0) is 30.1 Å². The lowest BCUT2D eigenvalue weighted by molar-refractivity contribution is -0.00812. The van der Waals surface area contributed by atoms with Gasteiger partial charge in [0.1, 0.15) is 18.5 Å². The van der Waals surface area contributed by atoms with Crippen molar-refractivity contribution < 1.29 is 9.47 Å². The molecule has 10 nitrogen and oxygen atoms in total. The van der Waals surface area contributed by atoms with E-state index >= 15 is 0 Å². The molecule has 1 saturated heterocycles. The Morgan fingerprint density at radius 3 is 2.93 bits per heavy atom. The van der Waals surface area contributed by atoms with E-state index in [0.717, 1.165) is 62.4 Å². The van der Waals surface area contributed by atoms with E-state index in [2.05, 4.69) is 25.5 Å². The molecule has 10 heteroatoms. The number of guanidine groups is 1. The summed E-state index contributed by atoms with van der Waals surface area (Å²) in [7, 11) is 3.88. The fourth-order valence-electron chi connectivity index (χ4n) is 3.17. The lowest BCUT2D eigenvalue weighted by Crippen LogP contribution is -2.48. The van der Waals surface area contributed by atoms with Gasteiger partial charge in [0.2, 0.25) is 0 Å². The first-order valence-electron chi connectivity index (χ1n) is 10.1. The van der Waals surface area contributed by atoms with Crippen molar-refractivity contribution in [3.05, 3.63) is 29.6 Å². The van der Waals surface area contributed by atoms with Gasteiger partial charge in [-0.25, -0.2) is 4.99 Å². The van der Waals surface area contributed by atoms with Crippen molar-refractivity contribution in [2.24, 2.45) is 19.1 Å². The number of aromatic nitrogens is 5. The molecule has 2 aromatic heterocycles. The first-order valence-corrected chi connectivity index (χ1v) is 10.1. The number of aryl methyl sites for hydroxylation is 2. The van der Waals surface area contributed by atoms with Gasteiger partial charge in [-0.05, 0) is 20.3 Å². The van der Waals surface area contributed by atoms with Crippen LogP contribution in [0.2, 0.25) is 0 Å². The Balaban J connectivity index is 1.68. The first-order chi connectivity index (χ1) is 14.1. The maximum atomic E-state index is 5.98. The smallest absolute Gasteiger partial charge is 0.194 e. The Morgan fingerprint density at radius 2 is 2.24 bits per heavy atom. The number of nitrogens with one attached hydrogen (secondary N) is 1. The molecule has 0 radical (unpaired) electrons. The van der Waals surface area contributed by atoms with Crippen molar-refractivity contribution in [3.63, 3.8) is 0 Å². The minimum Gasteiger partial charge on any atom is -0.382 e. The molecular formula is C19H32N8O2. The van der Waals surface area contributed by atoms with Gasteiger partial charge in [0.15, 0.2) is 11.8 Å². The zero-order chi connectivity index (χ0) is 20.6. The number of hydrogen-bond acceptors (Lipinski definition) is 6. The van der Waals surface area contributed by atoms with Crippen LogP contribution in [0.5, 0.6) is 0 Å². The summed E-state index contributed by atoms with van der Waals surface area (Å²) in [6.45, 7) is 8.84. The molecule has 0 aliphatic carbocycles. The molecule has 1 N–H and O–H groups in total. The predicted molar refractivity (Wildman–Crippen MR) is 109 cm³/mol. The summed E-state index contributed by atoms with van der Waals surface area (Å²) >= 11 is 0. The fraction of sp³-hybridized carbons (Fsp3) is 0.684. The zero-order valence-electron chi connectivity index (χ0n) is 17.8. The van der Waals surface area contributed by atoms with Crippen LogP contribution in [0.1, 0.15) is 36.7 Å². The average molecular weight is 405 g/mol. The van der Waals surface area contributed by atoms with Crippen molar-refractivity contribution in [1.29, 1.82) is 0 Å². The van der Waals surface area contributed by atoms with Crippen LogP contribution in [0, 0.1) is 6.92 Å². The van der Waals surface area contributed by atoms with Gasteiger partial charge in [0.25, 0.3) is 0 Å². The minimum atomic E-state index is -0.0232. The molecule has 0 bridgehead atoms. The summed E-state index contributed by atoms with van der Waals surface area (Å²) in [5.74, 6) is 2.58. The van der Waals surface area contributed by atoms with Gasteiger partial charge < -0.3 is 24.3 Å². The lowest BCUT2D eigenvalue weighted by atomic mass is 10.1. The van der Waals surface area contributed by atoms with Crippen molar-refractivity contribution in [2.45, 2.75) is 32.9 Å². The summed E-state index contributed by atoms with van der Waals surface area (Å²) in [6.07, 6.45) is 4.77. The summed E-state index contributed by atoms with van der Waals surface area (Å²) in [4.78, 5) is 7.07.